The van der Waals surface area contributed by atoms with Crippen molar-refractivity contribution >= 4 is 52.3 Å². The Labute approximate surface area is 163 Å². The maximum Gasteiger partial charge on any atom is 0.337 e. The number of guanidine groups is 1. The number of thioether (sulfide) groups is 1. The number of amidine groups is 1. The van der Waals surface area contributed by atoms with Gasteiger partial charge in [0.1, 0.15) is 5.25 Å². The first-order chi connectivity index (χ1) is 13.2. The summed E-state index contributed by atoms with van der Waals surface area (Å²) in [5.41, 5.74) is 10.7. The maximum absolute atomic E-state index is 12.3. The number of amides is 2. The summed E-state index contributed by atoms with van der Waals surface area (Å²) < 4.78 is 9.26. The van der Waals surface area contributed by atoms with Gasteiger partial charge in [-0.1, -0.05) is 11.8 Å². The lowest BCUT2D eigenvalue weighted by Crippen LogP contribution is -2.23. The summed E-state index contributed by atoms with van der Waals surface area (Å²) in [6.07, 6.45) is -0.216. The van der Waals surface area contributed by atoms with E-state index in [1.165, 1.54) is 32.4 Å². The minimum absolute atomic E-state index is 0.0467. The quantitative estimate of drug-likeness (QED) is 0.340. The van der Waals surface area contributed by atoms with Gasteiger partial charge in [0.2, 0.25) is 5.91 Å². The van der Waals surface area contributed by atoms with E-state index in [9.17, 15) is 19.2 Å². The number of hydrogen-bond donors (Lipinski definition) is 3. The summed E-state index contributed by atoms with van der Waals surface area (Å²) in [4.78, 5) is 55.0. The highest BCUT2D eigenvalue weighted by atomic mass is 32.2. The van der Waals surface area contributed by atoms with Crippen molar-refractivity contribution in [2.75, 3.05) is 19.5 Å². The average molecular weight is 407 g/mol. The van der Waals surface area contributed by atoms with Gasteiger partial charge in [-0.3, -0.25) is 9.59 Å². The van der Waals surface area contributed by atoms with E-state index in [0.29, 0.717) is 0 Å². The number of anilines is 1. The summed E-state index contributed by atoms with van der Waals surface area (Å²) in [6.45, 7) is 0. The Balaban J connectivity index is 2.13. The van der Waals surface area contributed by atoms with E-state index in [-0.39, 0.29) is 34.4 Å². The van der Waals surface area contributed by atoms with Gasteiger partial charge in [-0.2, -0.15) is 9.98 Å². The minimum atomic E-state index is -0.790. The lowest BCUT2D eigenvalue weighted by atomic mass is 10.1. The number of esters is 2. The van der Waals surface area contributed by atoms with E-state index in [1.807, 2.05) is 0 Å². The third kappa shape index (κ3) is 5.30. The molecule has 12 heteroatoms. The first-order valence-electron chi connectivity index (χ1n) is 7.74. The van der Waals surface area contributed by atoms with Gasteiger partial charge >= 0.3 is 11.9 Å². The second-order valence-corrected chi connectivity index (χ2v) is 6.58. The zero-order valence-corrected chi connectivity index (χ0v) is 15.7. The molecule has 0 radical (unpaired) electrons. The number of methoxy groups -OCH3 is 2. The molecule has 2 amide bonds. The average Bonchev–Trinajstić information content (AvgIpc) is 2.97. The molecule has 0 aromatic heterocycles. The van der Waals surface area contributed by atoms with Crippen molar-refractivity contribution in [2.24, 2.45) is 21.5 Å². The third-order valence-corrected chi connectivity index (χ3v) is 4.43. The van der Waals surface area contributed by atoms with Crippen molar-refractivity contribution in [3.05, 3.63) is 29.3 Å². The zero-order valence-electron chi connectivity index (χ0n) is 14.9. The topological polar surface area (TPSA) is 176 Å². The third-order valence-electron chi connectivity index (χ3n) is 3.38. The molecule has 1 aliphatic heterocycles. The van der Waals surface area contributed by atoms with Gasteiger partial charge < -0.3 is 26.3 Å². The lowest BCUT2D eigenvalue weighted by Gasteiger charge is -2.11. The number of nitrogens with one attached hydrogen (secondary N) is 1. The molecule has 11 nitrogen and oxygen atoms in total. The highest BCUT2D eigenvalue weighted by molar-refractivity contribution is 8.15. The molecule has 0 bridgehead atoms. The van der Waals surface area contributed by atoms with Gasteiger partial charge in [0.05, 0.1) is 25.3 Å². The van der Waals surface area contributed by atoms with E-state index in [1.54, 1.807) is 0 Å². The SMILES string of the molecule is COC(=O)c1cc(NC(=O)C[C@H]2SC(N=C(N)N)=NC2=O)cc(C(=O)OC)c1. The Hall–Kier alpha value is -3.41. The fourth-order valence-corrected chi connectivity index (χ4v) is 3.16. The molecule has 0 fully saturated rings. The summed E-state index contributed by atoms with van der Waals surface area (Å²) in [7, 11) is 2.37. The summed E-state index contributed by atoms with van der Waals surface area (Å²) in [5, 5.41) is 1.81. The van der Waals surface area contributed by atoms with Gasteiger partial charge in [0.15, 0.2) is 11.1 Å². The standard InChI is InChI=1S/C16H17N5O6S/c1-26-13(24)7-3-8(14(25)27-2)5-9(4-7)19-11(22)6-10-12(23)20-16(28-10)21-15(17)18/h3-5,10H,6H2,1-2H3,(H,19,22)(H4,17,18,20,21,23)/t10-/m1/s1. The molecule has 5 N–H and O–H groups in total. The van der Waals surface area contributed by atoms with Crippen molar-refractivity contribution in [2.45, 2.75) is 11.7 Å². The Kier molecular flexibility index (Phi) is 6.71. The van der Waals surface area contributed by atoms with Crippen molar-refractivity contribution in [1.82, 2.24) is 0 Å². The summed E-state index contributed by atoms with van der Waals surface area (Å²) >= 11 is 0.953. The van der Waals surface area contributed by atoms with Crippen LogP contribution in [0.25, 0.3) is 0 Å². The normalized spacial score (nSPS) is 15.4. The molecule has 28 heavy (non-hydrogen) atoms. The van der Waals surface area contributed by atoms with Crippen LogP contribution in [-0.2, 0) is 19.1 Å². The maximum atomic E-state index is 12.3. The van der Waals surface area contributed by atoms with Crippen molar-refractivity contribution in [3.8, 4) is 0 Å². The monoisotopic (exact) mass is 407 g/mol. The Morgan fingerprint density at radius 2 is 1.71 bits per heavy atom. The number of hydrogen-bond acceptors (Lipinski definition) is 8. The van der Waals surface area contributed by atoms with Crippen LogP contribution in [0.5, 0.6) is 0 Å². The molecule has 1 aliphatic rings. The highest BCUT2D eigenvalue weighted by Crippen LogP contribution is 2.26. The molecule has 0 aliphatic carbocycles. The van der Waals surface area contributed by atoms with Crippen LogP contribution in [0.3, 0.4) is 0 Å². The van der Waals surface area contributed by atoms with Crippen LogP contribution in [0.2, 0.25) is 0 Å². The Morgan fingerprint density at radius 3 is 2.21 bits per heavy atom. The number of ether oxygens (including phenoxy) is 2. The van der Waals surface area contributed by atoms with Crippen molar-refractivity contribution in [3.63, 3.8) is 0 Å². The fraction of sp³-hybridized carbons (Fsp3) is 0.250. The number of carbonyl (C=O) groups excluding carboxylic acids is 4. The smallest absolute Gasteiger partial charge is 0.337 e. The first-order valence-corrected chi connectivity index (χ1v) is 8.62. The van der Waals surface area contributed by atoms with Gasteiger partial charge in [0, 0.05) is 12.1 Å². The van der Waals surface area contributed by atoms with Gasteiger partial charge in [-0.05, 0) is 18.2 Å². The van der Waals surface area contributed by atoms with E-state index in [0.717, 1.165) is 11.8 Å². The number of nitrogens with two attached hydrogens (primary N) is 2. The van der Waals surface area contributed by atoms with Crippen LogP contribution in [-0.4, -0.2) is 54.3 Å². The molecule has 148 valence electrons. The van der Waals surface area contributed by atoms with E-state index in [4.69, 9.17) is 11.5 Å². The predicted molar refractivity (Wildman–Crippen MR) is 102 cm³/mol. The van der Waals surface area contributed by atoms with Gasteiger partial charge in [-0.25, -0.2) is 9.59 Å². The number of rotatable bonds is 5. The van der Waals surface area contributed by atoms with Crippen LogP contribution in [0.15, 0.2) is 28.2 Å². The molecule has 1 aromatic carbocycles. The van der Waals surface area contributed by atoms with Crippen LogP contribution in [0.4, 0.5) is 5.69 Å². The Morgan fingerprint density at radius 1 is 1.14 bits per heavy atom. The summed E-state index contributed by atoms with van der Waals surface area (Å²) in [5.74, 6) is -2.72. The van der Waals surface area contributed by atoms with Gasteiger partial charge in [0.25, 0.3) is 5.91 Å². The molecule has 0 saturated carbocycles. The largest absolute Gasteiger partial charge is 0.465 e. The van der Waals surface area contributed by atoms with Gasteiger partial charge in [-0.15, -0.1) is 0 Å². The van der Waals surface area contributed by atoms with Crippen LogP contribution in [0.1, 0.15) is 27.1 Å². The molecular weight excluding hydrogens is 390 g/mol. The zero-order chi connectivity index (χ0) is 20.8. The highest BCUT2D eigenvalue weighted by Gasteiger charge is 2.30. The minimum Gasteiger partial charge on any atom is -0.465 e. The van der Waals surface area contributed by atoms with E-state index in [2.05, 4.69) is 24.8 Å². The molecule has 1 atom stereocenters. The number of aliphatic imine (C=N–C) groups is 2. The molecular formula is C16H17N5O6S. The molecule has 2 rings (SSSR count). The molecule has 0 spiro atoms. The molecule has 1 heterocycles. The van der Waals surface area contributed by atoms with Crippen LogP contribution >= 0.6 is 11.8 Å². The second kappa shape index (κ2) is 8.99. The predicted octanol–water partition coefficient (Wildman–Crippen LogP) is -0.140. The lowest BCUT2D eigenvalue weighted by molar-refractivity contribution is -0.121. The number of carbonyl (C=O) groups is 4. The first kappa shape index (κ1) is 20.9. The van der Waals surface area contributed by atoms with E-state index >= 15 is 0 Å². The summed E-state index contributed by atoms with van der Waals surface area (Å²) in [6, 6.07) is 3.95. The van der Waals surface area contributed by atoms with Crippen LogP contribution < -0.4 is 16.8 Å². The molecule has 0 saturated heterocycles. The van der Waals surface area contributed by atoms with Crippen LogP contribution in [0, 0.1) is 0 Å². The number of benzene rings is 1. The van der Waals surface area contributed by atoms with Crippen molar-refractivity contribution < 1.29 is 28.7 Å². The van der Waals surface area contributed by atoms with E-state index < -0.39 is 29.0 Å². The molecule has 1 aromatic rings. The number of nitrogens with zero attached hydrogens (tertiary/aromatic N) is 2. The Bertz CT molecular complexity index is 859. The molecule has 0 unspecified atom stereocenters. The van der Waals surface area contributed by atoms with Crippen molar-refractivity contribution in [1.29, 1.82) is 0 Å². The fourth-order valence-electron chi connectivity index (χ4n) is 2.21. The second-order valence-electron chi connectivity index (χ2n) is 5.41.